The first-order chi connectivity index (χ1) is 11.6. The number of nitrogens with zero attached hydrogens (tertiary/aromatic N) is 1. The van der Waals surface area contributed by atoms with E-state index in [-0.39, 0.29) is 12.5 Å². The van der Waals surface area contributed by atoms with Crippen molar-refractivity contribution in [2.24, 2.45) is 0 Å². The Hall–Kier alpha value is -2.51. The van der Waals surface area contributed by atoms with Gasteiger partial charge in [-0.1, -0.05) is 17.7 Å². The fourth-order valence-corrected chi connectivity index (χ4v) is 2.57. The molecule has 24 heavy (non-hydrogen) atoms. The highest BCUT2D eigenvalue weighted by atomic mass is 35.5. The summed E-state index contributed by atoms with van der Waals surface area (Å²) in [6, 6.07) is 10.2. The minimum absolute atomic E-state index is 0.0218. The fraction of sp³-hybridized carbons (Fsp3) is 0.250. The van der Waals surface area contributed by atoms with Gasteiger partial charge in [0, 0.05) is 31.8 Å². The first kappa shape index (κ1) is 16.4. The van der Waals surface area contributed by atoms with Crippen LogP contribution >= 0.6 is 11.6 Å². The summed E-state index contributed by atoms with van der Waals surface area (Å²) in [5.74, 6) is 1.54. The molecule has 1 aliphatic heterocycles. The number of nitro groups is 1. The molecule has 2 aromatic rings. The molecule has 0 saturated heterocycles. The molecule has 0 bridgehead atoms. The Balaban J connectivity index is 1.43. The lowest BCUT2D eigenvalue weighted by atomic mass is 10.2. The second-order valence-corrected chi connectivity index (χ2v) is 5.62. The number of benzene rings is 2. The van der Waals surface area contributed by atoms with Crippen molar-refractivity contribution in [2.45, 2.75) is 6.54 Å². The van der Waals surface area contributed by atoms with Gasteiger partial charge in [0.15, 0.2) is 11.5 Å². The van der Waals surface area contributed by atoms with Crippen molar-refractivity contribution in [3.05, 3.63) is 57.1 Å². The smallest absolute Gasteiger partial charge is 0.271 e. The number of nitrogens with one attached hydrogen (secondary N) is 2. The summed E-state index contributed by atoms with van der Waals surface area (Å²) in [6.45, 7) is 2.32. The Morgan fingerprint density at radius 3 is 2.75 bits per heavy atom. The quantitative estimate of drug-likeness (QED) is 0.453. The van der Waals surface area contributed by atoms with E-state index < -0.39 is 4.92 Å². The highest BCUT2D eigenvalue weighted by Gasteiger charge is 2.13. The molecule has 0 amide bonds. The van der Waals surface area contributed by atoms with Crippen LogP contribution in [0.15, 0.2) is 36.4 Å². The summed E-state index contributed by atoms with van der Waals surface area (Å²) in [6.07, 6.45) is 0. The summed E-state index contributed by atoms with van der Waals surface area (Å²) < 4.78 is 10.6. The van der Waals surface area contributed by atoms with Gasteiger partial charge in [0.2, 0.25) is 6.79 Å². The Kier molecular flexibility index (Phi) is 5.02. The van der Waals surface area contributed by atoms with Crippen LogP contribution in [0.25, 0.3) is 0 Å². The largest absolute Gasteiger partial charge is 0.454 e. The normalized spacial score (nSPS) is 12.2. The first-order valence-electron chi connectivity index (χ1n) is 7.40. The van der Waals surface area contributed by atoms with E-state index in [1.807, 2.05) is 18.2 Å². The molecule has 126 valence electrons. The molecule has 1 aliphatic rings. The van der Waals surface area contributed by atoms with Gasteiger partial charge in [-0.2, -0.15) is 0 Å². The lowest BCUT2D eigenvalue weighted by Crippen LogP contribution is -2.21. The van der Waals surface area contributed by atoms with E-state index in [1.54, 1.807) is 6.07 Å². The van der Waals surface area contributed by atoms with Gasteiger partial charge in [0.25, 0.3) is 5.69 Å². The Morgan fingerprint density at radius 1 is 1.12 bits per heavy atom. The van der Waals surface area contributed by atoms with Crippen LogP contribution in [0.2, 0.25) is 5.02 Å². The Bertz CT molecular complexity index is 754. The molecule has 2 aromatic carbocycles. The predicted octanol–water partition coefficient (Wildman–Crippen LogP) is 3.18. The topological polar surface area (TPSA) is 85.7 Å². The number of ether oxygens (including phenoxy) is 2. The molecule has 8 heteroatoms. The molecule has 3 rings (SSSR count). The second kappa shape index (κ2) is 7.37. The molecule has 0 aliphatic carbocycles. The van der Waals surface area contributed by atoms with E-state index in [0.717, 1.165) is 17.1 Å². The lowest BCUT2D eigenvalue weighted by Gasteiger charge is -2.09. The van der Waals surface area contributed by atoms with E-state index in [2.05, 4.69) is 10.6 Å². The molecule has 7 nitrogen and oxygen atoms in total. The maximum Gasteiger partial charge on any atom is 0.271 e. The third-order valence-electron chi connectivity index (χ3n) is 3.55. The Labute approximate surface area is 143 Å². The van der Waals surface area contributed by atoms with Gasteiger partial charge in [0.1, 0.15) is 0 Å². The zero-order chi connectivity index (χ0) is 16.9. The minimum atomic E-state index is -0.470. The molecule has 0 radical (unpaired) electrons. The van der Waals surface area contributed by atoms with Gasteiger partial charge in [0.05, 0.1) is 15.6 Å². The summed E-state index contributed by atoms with van der Waals surface area (Å²) in [5, 5.41) is 17.4. The molecule has 1 heterocycles. The molecule has 0 unspecified atom stereocenters. The van der Waals surface area contributed by atoms with Crippen molar-refractivity contribution in [3.8, 4) is 11.5 Å². The first-order valence-corrected chi connectivity index (χ1v) is 7.78. The Morgan fingerprint density at radius 2 is 1.96 bits per heavy atom. The molecular formula is C16H16ClN3O4. The molecule has 0 spiro atoms. The second-order valence-electron chi connectivity index (χ2n) is 5.21. The van der Waals surface area contributed by atoms with E-state index in [1.165, 1.54) is 12.1 Å². The number of fused-ring (bicyclic) bond motifs is 1. The van der Waals surface area contributed by atoms with Crippen LogP contribution < -0.4 is 20.1 Å². The number of hydrogen-bond acceptors (Lipinski definition) is 6. The van der Waals surface area contributed by atoms with Gasteiger partial charge in [-0.25, -0.2) is 0 Å². The molecule has 0 aromatic heterocycles. The van der Waals surface area contributed by atoms with Crippen molar-refractivity contribution in [1.29, 1.82) is 0 Å². The van der Waals surface area contributed by atoms with Crippen LogP contribution in [0.5, 0.6) is 11.5 Å². The fourth-order valence-electron chi connectivity index (χ4n) is 2.33. The van der Waals surface area contributed by atoms with E-state index in [9.17, 15) is 10.1 Å². The van der Waals surface area contributed by atoms with Crippen LogP contribution in [0.1, 0.15) is 5.56 Å². The third-order valence-corrected chi connectivity index (χ3v) is 3.86. The van der Waals surface area contributed by atoms with Crippen LogP contribution in [-0.4, -0.2) is 24.8 Å². The van der Waals surface area contributed by atoms with E-state index >= 15 is 0 Å². The minimum Gasteiger partial charge on any atom is -0.454 e. The standard InChI is InChI=1S/C16H16ClN3O4/c17-13-8-12(20(21)22)2-3-14(13)19-6-5-18-9-11-1-4-15-16(7-11)24-10-23-15/h1-4,7-8,18-19H,5-6,9-10H2. The van der Waals surface area contributed by atoms with Crippen molar-refractivity contribution in [1.82, 2.24) is 5.32 Å². The number of non-ortho nitro benzene ring substituents is 1. The zero-order valence-corrected chi connectivity index (χ0v) is 13.5. The SMILES string of the molecule is O=[N+]([O-])c1ccc(NCCNCc2ccc3c(c2)OCO3)c(Cl)c1. The van der Waals surface area contributed by atoms with Crippen LogP contribution in [-0.2, 0) is 6.54 Å². The summed E-state index contributed by atoms with van der Waals surface area (Å²) in [5.41, 5.74) is 1.76. The van der Waals surface area contributed by atoms with Gasteiger partial charge < -0.3 is 20.1 Å². The molecule has 0 fully saturated rings. The zero-order valence-electron chi connectivity index (χ0n) is 12.8. The summed E-state index contributed by atoms with van der Waals surface area (Å²) in [4.78, 5) is 10.2. The lowest BCUT2D eigenvalue weighted by molar-refractivity contribution is -0.384. The van der Waals surface area contributed by atoms with Gasteiger partial charge in [-0.05, 0) is 23.8 Å². The van der Waals surface area contributed by atoms with E-state index in [0.29, 0.717) is 30.3 Å². The maximum atomic E-state index is 10.7. The molecule has 0 saturated carbocycles. The van der Waals surface area contributed by atoms with Gasteiger partial charge in [-0.15, -0.1) is 0 Å². The third kappa shape index (κ3) is 3.87. The van der Waals surface area contributed by atoms with Crippen LogP contribution in [0, 0.1) is 10.1 Å². The molecule has 0 atom stereocenters. The number of nitro benzene ring substituents is 1. The summed E-state index contributed by atoms with van der Waals surface area (Å²) >= 11 is 6.02. The van der Waals surface area contributed by atoms with Crippen molar-refractivity contribution in [3.63, 3.8) is 0 Å². The summed E-state index contributed by atoms with van der Waals surface area (Å²) in [7, 11) is 0. The molecule has 2 N–H and O–H groups in total. The highest BCUT2D eigenvalue weighted by molar-refractivity contribution is 6.33. The maximum absolute atomic E-state index is 10.7. The number of anilines is 1. The predicted molar refractivity (Wildman–Crippen MR) is 90.9 cm³/mol. The number of rotatable bonds is 7. The van der Waals surface area contributed by atoms with Crippen molar-refractivity contribution < 1.29 is 14.4 Å². The van der Waals surface area contributed by atoms with Crippen molar-refractivity contribution in [2.75, 3.05) is 25.2 Å². The highest BCUT2D eigenvalue weighted by Crippen LogP contribution is 2.32. The number of hydrogen-bond donors (Lipinski definition) is 2. The molecular weight excluding hydrogens is 334 g/mol. The van der Waals surface area contributed by atoms with E-state index in [4.69, 9.17) is 21.1 Å². The van der Waals surface area contributed by atoms with Crippen LogP contribution in [0.4, 0.5) is 11.4 Å². The average molecular weight is 350 g/mol. The van der Waals surface area contributed by atoms with Gasteiger partial charge in [-0.3, -0.25) is 10.1 Å². The average Bonchev–Trinajstić information content (AvgIpc) is 3.03. The van der Waals surface area contributed by atoms with Crippen molar-refractivity contribution >= 4 is 23.0 Å². The van der Waals surface area contributed by atoms with Crippen LogP contribution in [0.3, 0.4) is 0 Å². The van der Waals surface area contributed by atoms with Gasteiger partial charge >= 0.3 is 0 Å². The monoisotopic (exact) mass is 349 g/mol. The number of halogens is 1.